The highest BCUT2D eigenvalue weighted by Gasteiger charge is 2.27. The van der Waals surface area contributed by atoms with Crippen LogP contribution in [0.4, 0.5) is 0 Å². The fourth-order valence-corrected chi connectivity index (χ4v) is 4.84. The van der Waals surface area contributed by atoms with Crippen LogP contribution in [0.25, 0.3) is 0 Å². The van der Waals surface area contributed by atoms with E-state index >= 15 is 0 Å². The number of hydrogen-bond donors (Lipinski definition) is 2. The molecule has 0 aromatic carbocycles. The van der Waals surface area contributed by atoms with Crippen LogP contribution in [0.3, 0.4) is 0 Å². The highest BCUT2D eigenvalue weighted by molar-refractivity contribution is 14.0. The van der Waals surface area contributed by atoms with Crippen molar-refractivity contribution < 1.29 is 12.9 Å². The number of hydrogen-bond acceptors (Lipinski definition) is 5. The van der Waals surface area contributed by atoms with E-state index in [-0.39, 0.29) is 35.6 Å². The van der Waals surface area contributed by atoms with Gasteiger partial charge in [0.1, 0.15) is 0 Å². The molecule has 1 aromatic rings. The molecule has 9 heteroatoms. The molecule has 0 radical (unpaired) electrons. The summed E-state index contributed by atoms with van der Waals surface area (Å²) in [6, 6.07) is 1.99. The lowest BCUT2D eigenvalue weighted by Crippen LogP contribution is -2.39. The molecule has 2 N–H and O–H groups in total. The van der Waals surface area contributed by atoms with Crippen molar-refractivity contribution >= 4 is 39.8 Å². The molecule has 0 spiro atoms. The molecule has 144 valence electrons. The lowest BCUT2D eigenvalue weighted by molar-refractivity contribution is 0.368. The molecule has 7 nitrogen and oxygen atoms in total. The standard InChI is InChI=1S/C16H28N4O3S.HI/c1-4-13(5-2)15-8-14(23-20-15)10-19-16(17-3)18-9-12-6-7-24(21,22)11-12;/h8,12-13H,4-7,9-11H2,1-3H3,(H2,17,18,19);1H. The van der Waals surface area contributed by atoms with Gasteiger partial charge in [-0.1, -0.05) is 19.0 Å². The van der Waals surface area contributed by atoms with Gasteiger partial charge >= 0.3 is 0 Å². The molecule has 1 fully saturated rings. The first kappa shape index (κ1) is 22.2. The first-order valence-electron chi connectivity index (χ1n) is 8.57. The van der Waals surface area contributed by atoms with Crippen LogP contribution in [-0.2, 0) is 16.4 Å². The van der Waals surface area contributed by atoms with Gasteiger partial charge in [-0.25, -0.2) is 8.42 Å². The predicted molar refractivity (Wildman–Crippen MR) is 110 cm³/mol. The molecule has 1 atom stereocenters. The number of halogens is 1. The van der Waals surface area contributed by atoms with Crippen LogP contribution in [0.2, 0.25) is 0 Å². The van der Waals surface area contributed by atoms with E-state index in [0.717, 1.165) is 24.3 Å². The Morgan fingerprint density at radius 1 is 1.40 bits per heavy atom. The lowest BCUT2D eigenvalue weighted by atomic mass is 9.99. The van der Waals surface area contributed by atoms with E-state index in [0.29, 0.717) is 37.1 Å². The van der Waals surface area contributed by atoms with Crippen LogP contribution in [0.1, 0.15) is 50.5 Å². The van der Waals surface area contributed by atoms with E-state index in [1.54, 1.807) is 7.05 Å². The van der Waals surface area contributed by atoms with E-state index in [1.165, 1.54) is 0 Å². The zero-order valence-corrected chi connectivity index (χ0v) is 18.3. The van der Waals surface area contributed by atoms with Gasteiger partial charge in [0, 0.05) is 25.6 Å². The zero-order chi connectivity index (χ0) is 17.6. The molecule has 25 heavy (non-hydrogen) atoms. The molecule has 0 bridgehead atoms. The van der Waals surface area contributed by atoms with Gasteiger partial charge in [-0.3, -0.25) is 4.99 Å². The minimum Gasteiger partial charge on any atom is -0.359 e. The summed E-state index contributed by atoms with van der Waals surface area (Å²) in [5.74, 6) is 2.55. The molecule has 2 heterocycles. The summed E-state index contributed by atoms with van der Waals surface area (Å²) < 4.78 is 28.3. The average Bonchev–Trinajstić information content (AvgIpc) is 3.15. The van der Waals surface area contributed by atoms with E-state index in [9.17, 15) is 8.42 Å². The number of rotatable bonds is 7. The van der Waals surface area contributed by atoms with Crippen molar-refractivity contribution in [2.24, 2.45) is 10.9 Å². The Morgan fingerprint density at radius 2 is 2.12 bits per heavy atom. The van der Waals surface area contributed by atoms with Crippen LogP contribution < -0.4 is 10.6 Å². The summed E-state index contributed by atoms with van der Waals surface area (Å²) in [7, 11) is -1.15. The summed E-state index contributed by atoms with van der Waals surface area (Å²) >= 11 is 0. The smallest absolute Gasteiger partial charge is 0.191 e. The number of nitrogens with one attached hydrogen (secondary N) is 2. The third-order valence-corrected chi connectivity index (χ3v) is 6.36. The minimum absolute atomic E-state index is 0. The highest BCUT2D eigenvalue weighted by Crippen LogP contribution is 2.22. The first-order valence-corrected chi connectivity index (χ1v) is 10.4. The molecule has 1 aromatic heterocycles. The summed E-state index contributed by atoms with van der Waals surface area (Å²) in [6.45, 7) is 5.40. The normalized spacial score (nSPS) is 19.7. The molecule has 1 aliphatic heterocycles. The molecule has 2 rings (SSSR count). The summed E-state index contributed by atoms with van der Waals surface area (Å²) in [5, 5.41) is 10.5. The Labute approximate surface area is 167 Å². The summed E-state index contributed by atoms with van der Waals surface area (Å²) in [5.41, 5.74) is 0.996. The van der Waals surface area contributed by atoms with Crippen molar-refractivity contribution in [3.05, 3.63) is 17.5 Å². The van der Waals surface area contributed by atoms with Crippen molar-refractivity contribution in [1.82, 2.24) is 15.8 Å². The van der Waals surface area contributed by atoms with Crippen LogP contribution in [0, 0.1) is 5.92 Å². The quantitative estimate of drug-likeness (QED) is 0.350. The van der Waals surface area contributed by atoms with E-state index in [4.69, 9.17) is 4.52 Å². The number of nitrogens with zero attached hydrogens (tertiary/aromatic N) is 2. The number of aromatic nitrogens is 1. The average molecular weight is 484 g/mol. The monoisotopic (exact) mass is 484 g/mol. The van der Waals surface area contributed by atoms with Gasteiger partial charge in [0.05, 0.1) is 23.7 Å². The largest absolute Gasteiger partial charge is 0.359 e. The third-order valence-electron chi connectivity index (χ3n) is 4.52. The fourth-order valence-electron chi connectivity index (χ4n) is 2.98. The fraction of sp³-hybridized carbons (Fsp3) is 0.750. The highest BCUT2D eigenvalue weighted by atomic mass is 127. The lowest BCUT2D eigenvalue weighted by Gasteiger charge is -2.13. The third kappa shape index (κ3) is 6.76. The molecule has 1 saturated heterocycles. The van der Waals surface area contributed by atoms with E-state index < -0.39 is 9.84 Å². The molecular weight excluding hydrogens is 455 g/mol. The van der Waals surface area contributed by atoms with Gasteiger partial charge in [0.25, 0.3) is 0 Å². The van der Waals surface area contributed by atoms with Crippen molar-refractivity contribution in [3.63, 3.8) is 0 Å². The predicted octanol–water partition coefficient (Wildman–Crippen LogP) is 2.30. The van der Waals surface area contributed by atoms with Gasteiger partial charge in [-0.2, -0.15) is 0 Å². The Bertz CT molecular complexity index is 656. The summed E-state index contributed by atoms with van der Waals surface area (Å²) in [6.07, 6.45) is 2.81. The van der Waals surface area contributed by atoms with Crippen LogP contribution in [0.15, 0.2) is 15.6 Å². The first-order chi connectivity index (χ1) is 11.5. The van der Waals surface area contributed by atoms with Crippen molar-refractivity contribution in [2.45, 2.75) is 45.6 Å². The van der Waals surface area contributed by atoms with Crippen LogP contribution >= 0.6 is 24.0 Å². The molecule has 1 unspecified atom stereocenters. The maximum Gasteiger partial charge on any atom is 0.191 e. The number of guanidine groups is 1. The Morgan fingerprint density at radius 3 is 2.68 bits per heavy atom. The summed E-state index contributed by atoms with van der Waals surface area (Å²) in [4.78, 5) is 4.16. The van der Waals surface area contributed by atoms with Gasteiger partial charge in [-0.15, -0.1) is 24.0 Å². The topological polar surface area (TPSA) is 96.6 Å². The maximum atomic E-state index is 11.5. The van der Waals surface area contributed by atoms with Crippen LogP contribution in [-0.4, -0.2) is 44.6 Å². The Balaban J connectivity index is 0.00000312. The van der Waals surface area contributed by atoms with Gasteiger partial charge < -0.3 is 15.2 Å². The van der Waals surface area contributed by atoms with Crippen LogP contribution in [0.5, 0.6) is 0 Å². The SMILES string of the molecule is CCC(CC)c1cc(CNC(=NC)NCC2CCS(=O)(=O)C2)on1.I. The second-order valence-electron chi connectivity index (χ2n) is 6.31. The van der Waals surface area contributed by atoms with E-state index in [2.05, 4.69) is 34.6 Å². The van der Waals surface area contributed by atoms with Gasteiger partial charge in [-0.05, 0) is 25.2 Å². The van der Waals surface area contributed by atoms with Crippen molar-refractivity contribution in [1.29, 1.82) is 0 Å². The Hall–Kier alpha value is -0.840. The minimum atomic E-state index is -2.84. The van der Waals surface area contributed by atoms with Crippen molar-refractivity contribution in [3.8, 4) is 0 Å². The zero-order valence-electron chi connectivity index (χ0n) is 15.1. The second kappa shape index (κ2) is 10.3. The van der Waals surface area contributed by atoms with Gasteiger partial charge in [0.15, 0.2) is 21.6 Å². The molecule has 0 amide bonds. The molecule has 0 aliphatic carbocycles. The van der Waals surface area contributed by atoms with Crippen molar-refractivity contribution in [2.75, 3.05) is 25.1 Å². The maximum absolute atomic E-state index is 11.5. The van der Waals surface area contributed by atoms with Gasteiger partial charge in [0.2, 0.25) is 0 Å². The number of sulfone groups is 1. The Kier molecular flexibility index (Phi) is 9.19. The second-order valence-corrected chi connectivity index (χ2v) is 8.54. The number of aliphatic imine (C=N–C) groups is 1. The molecule has 0 saturated carbocycles. The molecular formula is C16H29IN4O3S. The molecule has 1 aliphatic rings. The van der Waals surface area contributed by atoms with E-state index in [1.807, 2.05) is 6.07 Å².